The Morgan fingerprint density at radius 2 is 1.56 bits per heavy atom. The van der Waals surface area contributed by atoms with Crippen LogP contribution in [0.2, 0.25) is 0 Å². The van der Waals surface area contributed by atoms with Crippen LogP contribution in [0.15, 0.2) is 83.8 Å². The third kappa shape index (κ3) is 6.10. The number of rotatable bonds is 8. The van der Waals surface area contributed by atoms with Gasteiger partial charge < -0.3 is 0 Å². The van der Waals surface area contributed by atoms with Gasteiger partial charge in [-0.1, -0.05) is 60.2 Å². The first-order chi connectivity index (χ1) is 16.4. The Morgan fingerprint density at radius 1 is 0.912 bits per heavy atom. The van der Waals surface area contributed by atoms with Gasteiger partial charge in [-0.2, -0.15) is 5.26 Å². The first kappa shape index (κ1) is 24.1. The van der Waals surface area contributed by atoms with Crippen LogP contribution in [0.4, 0.5) is 0 Å². The highest BCUT2D eigenvalue weighted by Gasteiger charge is 2.27. The summed E-state index contributed by atoms with van der Waals surface area (Å²) in [5.41, 5.74) is 4.00. The summed E-state index contributed by atoms with van der Waals surface area (Å²) in [6.07, 6.45) is 0. The summed E-state index contributed by atoms with van der Waals surface area (Å²) in [7, 11) is -3.59. The number of hydrogen-bond acceptors (Lipinski definition) is 5. The second-order valence-corrected chi connectivity index (χ2v) is 10.5. The lowest BCUT2D eigenvalue weighted by Gasteiger charge is -2.39. The second kappa shape index (κ2) is 10.9. The summed E-state index contributed by atoms with van der Waals surface area (Å²) in [5.74, 6) is 0. The molecule has 0 saturated carbocycles. The topological polar surface area (TPSA) is 76.4 Å². The smallest absolute Gasteiger partial charge is 0.240 e. The summed E-state index contributed by atoms with van der Waals surface area (Å²) in [6, 6.07) is 26.9. The predicted molar refractivity (Wildman–Crippen MR) is 134 cm³/mol. The number of nitrogens with zero attached hydrogens (tertiary/aromatic N) is 3. The highest BCUT2D eigenvalue weighted by atomic mass is 32.2. The predicted octanol–water partition coefficient (Wildman–Crippen LogP) is 3.70. The third-order valence-electron chi connectivity index (χ3n) is 6.32. The number of piperazine rings is 1. The Balaban J connectivity index is 1.41. The van der Waals surface area contributed by atoms with E-state index in [0.29, 0.717) is 12.1 Å². The highest BCUT2D eigenvalue weighted by molar-refractivity contribution is 7.89. The van der Waals surface area contributed by atoms with Crippen LogP contribution >= 0.6 is 0 Å². The van der Waals surface area contributed by atoms with E-state index < -0.39 is 10.0 Å². The molecule has 4 rings (SSSR count). The van der Waals surface area contributed by atoms with Gasteiger partial charge in [0.25, 0.3) is 0 Å². The Kier molecular flexibility index (Phi) is 7.76. The monoisotopic (exact) mass is 474 g/mol. The average Bonchev–Trinajstić information content (AvgIpc) is 2.86. The molecule has 0 radical (unpaired) electrons. The van der Waals surface area contributed by atoms with Crippen LogP contribution in [0, 0.1) is 18.3 Å². The SMILES string of the molecule is Cc1ccc(S(=O)(=O)NC[C@@H](c2ccccc2)N2CCN(Cc3ccc(C#N)cc3)CC2)cc1. The molecular weight excluding hydrogens is 444 g/mol. The zero-order valence-electron chi connectivity index (χ0n) is 19.4. The van der Waals surface area contributed by atoms with Gasteiger partial charge in [0, 0.05) is 45.3 Å². The summed E-state index contributed by atoms with van der Waals surface area (Å²) < 4.78 is 28.7. The quantitative estimate of drug-likeness (QED) is 0.539. The van der Waals surface area contributed by atoms with Gasteiger partial charge in [0.05, 0.1) is 16.5 Å². The molecule has 0 aromatic heterocycles. The van der Waals surface area contributed by atoms with Gasteiger partial charge in [-0.25, -0.2) is 13.1 Å². The molecule has 3 aromatic rings. The summed E-state index contributed by atoms with van der Waals surface area (Å²) in [6.45, 7) is 6.59. The van der Waals surface area contributed by atoms with Crippen molar-refractivity contribution in [1.29, 1.82) is 5.26 Å². The van der Waals surface area contributed by atoms with Crippen molar-refractivity contribution in [2.24, 2.45) is 0 Å². The molecule has 3 aromatic carbocycles. The Bertz CT molecular complexity index is 1210. The Morgan fingerprint density at radius 3 is 2.18 bits per heavy atom. The normalized spacial score (nSPS) is 16.1. The minimum absolute atomic E-state index is 0.0431. The maximum absolute atomic E-state index is 12.9. The van der Waals surface area contributed by atoms with Gasteiger partial charge in [-0.15, -0.1) is 0 Å². The second-order valence-electron chi connectivity index (χ2n) is 8.71. The van der Waals surface area contributed by atoms with Crippen LogP contribution in [0.1, 0.15) is 28.3 Å². The zero-order valence-corrected chi connectivity index (χ0v) is 20.2. The van der Waals surface area contributed by atoms with Crippen LogP contribution in [-0.2, 0) is 16.6 Å². The molecule has 6 nitrogen and oxygen atoms in total. The number of hydrogen-bond donors (Lipinski definition) is 1. The van der Waals surface area contributed by atoms with Gasteiger partial charge in [0.2, 0.25) is 10.0 Å². The van der Waals surface area contributed by atoms with Gasteiger partial charge in [-0.3, -0.25) is 9.80 Å². The van der Waals surface area contributed by atoms with Gasteiger partial charge >= 0.3 is 0 Å². The van der Waals surface area contributed by atoms with Crippen molar-refractivity contribution in [3.8, 4) is 6.07 Å². The fraction of sp³-hybridized carbons (Fsp3) is 0.296. The number of benzene rings is 3. The van der Waals surface area contributed by atoms with Crippen molar-refractivity contribution < 1.29 is 8.42 Å². The number of nitriles is 1. The van der Waals surface area contributed by atoms with Crippen molar-refractivity contribution in [2.45, 2.75) is 24.4 Å². The van der Waals surface area contributed by atoms with Crippen LogP contribution in [-0.4, -0.2) is 50.9 Å². The molecule has 34 heavy (non-hydrogen) atoms. The van der Waals surface area contributed by atoms with Crippen molar-refractivity contribution >= 4 is 10.0 Å². The van der Waals surface area contributed by atoms with E-state index in [1.807, 2.05) is 61.5 Å². The first-order valence-electron chi connectivity index (χ1n) is 11.5. The maximum Gasteiger partial charge on any atom is 0.240 e. The molecule has 1 heterocycles. The van der Waals surface area contributed by atoms with Crippen molar-refractivity contribution in [3.05, 3.63) is 101 Å². The summed E-state index contributed by atoms with van der Waals surface area (Å²) >= 11 is 0. The fourth-order valence-corrected chi connectivity index (χ4v) is 5.34. The van der Waals surface area contributed by atoms with E-state index in [2.05, 4.69) is 32.7 Å². The molecule has 1 aliphatic heterocycles. The van der Waals surface area contributed by atoms with Crippen LogP contribution in [0.5, 0.6) is 0 Å². The van der Waals surface area contributed by atoms with E-state index in [9.17, 15) is 8.42 Å². The summed E-state index contributed by atoms with van der Waals surface area (Å²) in [5, 5.41) is 8.99. The molecular formula is C27H30N4O2S. The molecule has 1 fully saturated rings. The number of aryl methyl sites for hydroxylation is 1. The van der Waals surface area contributed by atoms with E-state index in [1.165, 1.54) is 5.56 Å². The minimum Gasteiger partial charge on any atom is -0.297 e. The Hall–Kier alpha value is -3.02. The zero-order chi connectivity index (χ0) is 24.0. The average molecular weight is 475 g/mol. The Labute approximate surface area is 202 Å². The van der Waals surface area contributed by atoms with Crippen molar-refractivity contribution in [2.75, 3.05) is 32.7 Å². The van der Waals surface area contributed by atoms with E-state index >= 15 is 0 Å². The number of nitrogens with one attached hydrogen (secondary N) is 1. The molecule has 176 valence electrons. The molecule has 1 N–H and O–H groups in total. The van der Waals surface area contributed by atoms with E-state index in [4.69, 9.17) is 5.26 Å². The minimum atomic E-state index is -3.59. The van der Waals surface area contributed by atoms with Gasteiger partial charge in [0.1, 0.15) is 0 Å². The van der Waals surface area contributed by atoms with Crippen LogP contribution in [0.3, 0.4) is 0 Å². The molecule has 0 unspecified atom stereocenters. The molecule has 0 bridgehead atoms. The molecule has 0 spiro atoms. The third-order valence-corrected chi connectivity index (χ3v) is 7.76. The molecule has 1 saturated heterocycles. The molecule has 1 aliphatic rings. The van der Waals surface area contributed by atoms with E-state index in [1.54, 1.807) is 12.1 Å². The lowest BCUT2D eigenvalue weighted by molar-refractivity contribution is 0.0928. The highest BCUT2D eigenvalue weighted by Crippen LogP contribution is 2.23. The standard InChI is InChI=1S/C27H30N4O2S/c1-22-7-13-26(14-8-22)34(32,33)29-20-27(25-5-3-2-4-6-25)31-17-15-30(16-18-31)21-24-11-9-23(19-28)10-12-24/h2-14,27,29H,15-18,20-21H2,1H3/t27-/m0/s1. The van der Waals surface area contributed by atoms with Crippen molar-refractivity contribution in [3.63, 3.8) is 0 Å². The van der Waals surface area contributed by atoms with Crippen LogP contribution in [0.25, 0.3) is 0 Å². The number of sulfonamides is 1. The molecule has 7 heteroatoms. The van der Waals surface area contributed by atoms with Crippen LogP contribution < -0.4 is 4.72 Å². The molecule has 0 amide bonds. The fourth-order valence-electron chi connectivity index (χ4n) is 4.30. The largest absolute Gasteiger partial charge is 0.297 e. The molecule has 1 atom stereocenters. The van der Waals surface area contributed by atoms with Crippen molar-refractivity contribution in [1.82, 2.24) is 14.5 Å². The lowest BCUT2D eigenvalue weighted by Crippen LogP contribution is -2.49. The molecule has 0 aliphatic carbocycles. The maximum atomic E-state index is 12.9. The summed E-state index contributed by atoms with van der Waals surface area (Å²) in [4.78, 5) is 5.05. The van der Waals surface area contributed by atoms with Gasteiger partial charge in [-0.05, 0) is 42.3 Å². The lowest BCUT2D eigenvalue weighted by atomic mass is 10.0. The first-order valence-corrected chi connectivity index (χ1v) is 13.0. The van der Waals surface area contributed by atoms with E-state index in [-0.39, 0.29) is 10.9 Å². The van der Waals surface area contributed by atoms with E-state index in [0.717, 1.165) is 43.9 Å². The van der Waals surface area contributed by atoms with Gasteiger partial charge in [0.15, 0.2) is 0 Å².